The molecule has 2 aromatic rings. The van der Waals surface area contributed by atoms with Crippen LogP contribution < -0.4 is 19.5 Å². The summed E-state index contributed by atoms with van der Waals surface area (Å²) in [4.78, 5) is 11.5. The summed E-state index contributed by atoms with van der Waals surface area (Å²) in [6.07, 6.45) is 3.94. The first-order chi connectivity index (χ1) is 15.1. The lowest BCUT2D eigenvalue weighted by Crippen LogP contribution is -2.33. The fourth-order valence-corrected chi connectivity index (χ4v) is 4.53. The Balaban J connectivity index is 1.52. The molecule has 32 heavy (non-hydrogen) atoms. The van der Waals surface area contributed by atoms with Gasteiger partial charge in [-0.2, -0.15) is 0 Å². The van der Waals surface area contributed by atoms with Gasteiger partial charge in [0.1, 0.15) is 17.3 Å². The van der Waals surface area contributed by atoms with Crippen LogP contribution in [0.1, 0.15) is 49.3 Å². The number of ether oxygens (including phenoxy) is 2. The van der Waals surface area contributed by atoms with Crippen LogP contribution in [-0.2, 0) is 14.8 Å². The molecule has 0 spiro atoms. The van der Waals surface area contributed by atoms with Crippen molar-refractivity contribution < 1.29 is 27.1 Å². The molecule has 0 saturated heterocycles. The lowest BCUT2D eigenvalue weighted by atomic mass is 9.97. The Kier molecular flexibility index (Phi) is 7.73. The van der Waals surface area contributed by atoms with Gasteiger partial charge in [0.05, 0.1) is 13.4 Å². The second kappa shape index (κ2) is 10.3. The van der Waals surface area contributed by atoms with Crippen LogP contribution in [0, 0.1) is 5.82 Å². The van der Waals surface area contributed by atoms with Crippen LogP contribution >= 0.6 is 0 Å². The van der Waals surface area contributed by atoms with Gasteiger partial charge in [0.25, 0.3) is 5.91 Å². The van der Waals surface area contributed by atoms with Gasteiger partial charge in [0.15, 0.2) is 6.61 Å². The highest BCUT2D eigenvalue weighted by Gasteiger charge is 2.27. The minimum Gasteiger partial charge on any atom is -0.497 e. The van der Waals surface area contributed by atoms with E-state index in [0.717, 1.165) is 31.1 Å². The molecule has 1 fully saturated rings. The van der Waals surface area contributed by atoms with Crippen molar-refractivity contribution in [3.63, 3.8) is 0 Å². The van der Waals surface area contributed by atoms with E-state index < -0.39 is 15.9 Å². The van der Waals surface area contributed by atoms with Crippen LogP contribution in [-0.4, -0.2) is 40.3 Å². The Hall–Kier alpha value is -2.65. The topological polar surface area (TPSA) is 93.7 Å². The number of carbonyl (C=O) groups is 1. The number of nitrogens with one attached hydrogen (secondary N) is 2. The number of hydrogen-bond acceptors (Lipinski definition) is 6. The zero-order chi connectivity index (χ0) is 23.3. The average molecular weight is 465 g/mol. The van der Waals surface area contributed by atoms with E-state index in [1.165, 1.54) is 24.8 Å². The molecule has 1 aliphatic rings. The van der Waals surface area contributed by atoms with Crippen LogP contribution in [0.15, 0.2) is 42.5 Å². The van der Waals surface area contributed by atoms with Crippen molar-refractivity contribution in [3.05, 3.63) is 59.4 Å². The number of hydrogen-bond donors (Lipinski definition) is 2. The second-order valence-electron chi connectivity index (χ2n) is 8.17. The van der Waals surface area contributed by atoms with Gasteiger partial charge in [-0.15, -0.1) is 0 Å². The SMILES string of the molecule is COc1cc(F)cc([C@@H](C)N[C@@H]2CCC(c3ccc(OCC(=O)NS(C)(=O)=O)cc3)C2)c1. The third kappa shape index (κ3) is 6.93. The summed E-state index contributed by atoms with van der Waals surface area (Å²) in [7, 11) is -2.07. The van der Waals surface area contributed by atoms with Crippen molar-refractivity contribution in [2.75, 3.05) is 20.0 Å². The molecule has 3 atom stereocenters. The van der Waals surface area contributed by atoms with Crippen LogP contribution in [0.2, 0.25) is 0 Å². The fraction of sp³-hybridized carbons (Fsp3) is 0.435. The van der Waals surface area contributed by atoms with Gasteiger partial charge in [0, 0.05) is 18.2 Å². The van der Waals surface area contributed by atoms with Crippen molar-refractivity contribution >= 4 is 15.9 Å². The lowest BCUT2D eigenvalue weighted by molar-refractivity contribution is -0.121. The summed E-state index contributed by atoms with van der Waals surface area (Å²) in [5.41, 5.74) is 2.04. The van der Waals surface area contributed by atoms with Gasteiger partial charge in [-0.1, -0.05) is 12.1 Å². The molecule has 1 saturated carbocycles. The third-order valence-corrected chi connectivity index (χ3v) is 6.17. The minimum atomic E-state index is -3.59. The van der Waals surface area contributed by atoms with E-state index >= 15 is 0 Å². The molecule has 0 radical (unpaired) electrons. The highest BCUT2D eigenvalue weighted by molar-refractivity contribution is 7.89. The van der Waals surface area contributed by atoms with E-state index in [4.69, 9.17) is 9.47 Å². The van der Waals surface area contributed by atoms with E-state index in [1.807, 2.05) is 29.8 Å². The molecule has 9 heteroatoms. The summed E-state index contributed by atoms with van der Waals surface area (Å²) in [5.74, 6) is 0.372. The van der Waals surface area contributed by atoms with Crippen molar-refractivity contribution in [1.29, 1.82) is 0 Å². The molecule has 2 aromatic carbocycles. The number of amides is 1. The van der Waals surface area contributed by atoms with Crippen LogP contribution in [0.25, 0.3) is 0 Å². The average Bonchev–Trinajstić information content (AvgIpc) is 3.19. The molecule has 3 rings (SSSR count). The maximum absolute atomic E-state index is 13.8. The first kappa shape index (κ1) is 24.0. The molecular formula is C23H29FN2O5S. The van der Waals surface area contributed by atoms with E-state index in [2.05, 4.69) is 5.32 Å². The first-order valence-electron chi connectivity index (χ1n) is 10.5. The van der Waals surface area contributed by atoms with Crippen molar-refractivity contribution in [2.45, 2.75) is 44.2 Å². The van der Waals surface area contributed by atoms with Crippen molar-refractivity contribution in [3.8, 4) is 11.5 Å². The Morgan fingerprint density at radius 2 is 1.88 bits per heavy atom. The first-order valence-corrected chi connectivity index (χ1v) is 12.4. The smallest absolute Gasteiger partial charge is 0.271 e. The summed E-state index contributed by atoms with van der Waals surface area (Å²) < 4.78 is 48.3. The highest BCUT2D eigenvalue weighted by Crippen LogP contribution is 2.36. The van der Waals surface area contributed by atoms with Crippen molar-refractivity contribution in [1.82, 2.24) is 10.0 Å². The molecular weight excluding hydrogens is 435 g/mol. The normalized spacial score (nSPS) is 19.4. The second-order valence-corrected chi connectivity index (χ2v) is 9.92. The quantitative estimate of drug-likeness (QED) is 0.592. The Bertz CT molecular complexity index is 1040. The predicted octanol–water partition coefficient (Wildman–Crippen LogP) is 3.28. The van der Waals surface area contributed by atoms with Gasteiger partial charge in [-0.05, 0) is 67.5 Å². The largest absolute Gasteiger partial charge is 0.497 e. The Labute approximate surface area is 188 Å². The fourth-order valence-electron chi connectivity index (χ4n) is 4.06. The number of rotatable bonds is 9. The molecule has 7 nitrogen and oxygen atoms in total. The monoisotopic (exact) mass is 464 g/mol. The van der Waals surface area contributed by atoms with Crippen LogP contribution in [0.4, 0.5) is 4.39 Å². The van der Waals surface area contributed by atoms with Crippen molar-refractivity contribution in [2.24, 2.45) is 0 Å². The summed E-state index contributed by atoms with van der Waals surface area (Å²) in [6.45, 7) is 1.65. The van der Waals surface area contributed by atoms with Gasteiger partial charge in [-0.25, -0.2) is 12.8 Å². The van der Waals surface area contributed by atoms with Crippen LogP contribution in [0.3, 0.4) is 0 Å². The standard InChI is InChI=1S/C23H29FN2O5S/c1-15(18-10-19(24)13-22(12-18)30-2)25-20-7-4-17(11-20)16-5-8-21(9-6-16)31-14-23(27)26-32(3,28)29/h5-6,8-10,12-13,15,17,20,25H,4,7,11,14H2,1-3H3,(H,26,27)/t15-,17?,20-/m1/s1. The molecule has 0 aromatic heterocycles. The lowest BCUT2D eigenvalue weighted by Gasteiger charge is -2.21. The highest BCUT2D eigenvalue weighted by atomic mass is 32.2. The van der Waals surface area contributed by atoms with E-state index in [-0.39, 0.29) is 18.5 Å². The Morgan fingerprint density at radius 3 is 2.53 bits per heavy atom. The number of methoxy groups -OCH3 is 1. The summed E-state index contributed by atoms with van der Waals surface area (Å²) >= 11 is 0. The predicted molar refractivity (Wildman–Crippen MR) is 120 cm³/mol. The minimum absolute atomic E-state index is 0.00259. The molecule has 1 unspecified atom stereocenters. The van der Waals surface area contributed by atoms with Gasteiger partial charge >= 0.3 is 0 Å². The molecule has 174 valence electrons. The summed E-state index contributed by atoms with van der Waals surface area (Å²) in [5, 5.41) is 3.60. The van der Waals surface area contributed by atoms with E-state index in [0.29, 0.717) is 23.5 Å². The van der Waals surface area contributed by atoms with Crippen LogP contribution in [0.5, 0.6) is 11.5 Å². The third-order valence-electron chi connectivity index (χ3n) is 5.57. The molecule has 1 aliphatic carbocycles. The maximum Gasteiger partial charge on any atom is 0.271 e. The van der Waals surface area contributed by atoms with Gasteiger partial charge in [0.2, 0.25) is 10.0 Å². The molecule has 0 heterocycles. The molecule has 0 bridgehead atoms. The zero-order valence-corrected chi connectivity index (χ0v) is 19.2. The molecule has 2 N–H and O–H groups in total. The Morgan fingerprint density at radius 1 is 1.16 bits per heavy atom. The van der Waals surface area contributed by atoms with E-state index in [1.54, 1.807) is 12.1 Å². The number of sulfonamides is 1. The maximum atomic E-state index is 13.8. The molecule has 0 aliphatic heterocycles. The zero-order valence-electron chi connectivity index (χ0n) is 18.4. The number of carbonyl (C=O) groups excluding carboxylic acids is 1. The van der Waals surface area contributed by atoms with Gasteiger partial charge < -0.3 is 14.8 Å². The van der Waals surface area contributed by atoms with Gasteiger partial charge in [-0.3, -0.25) is 9.52 Å². The summed E-state index contributed by atoms with van der Waals surface area (Å²) in [6, 6.07) is 12.6. The number of benzene rings is 2. The number of halogens is 1. The van der Waals surface area contributed by atoms with E-state index in [9.17, 15) is 17.6 Å². The molecule has 1 amide bonds.